The maximum absolute atomic E-state index is 12.4. The molecule has 0 aromatic carbocycles. The summed E-state index contributed by atoms with van der Waals surface area (Å²) < 4.78 is 37.3. The van der Waals surface area contributed by atoms with Gasteiger partial charge in [-0.15, -0.1) is 0 Å². The van der Waals surface area contributed by atoms with Gasteiger partial charge >= 0.3 is 12.1 Å². The molecule has 0 spiro atoms. The molecule has 3 atom stereocenters. The third-order valence-corrected chi connectivity index (χ3v) is 3.51. The van der Waals surface area contributed by atoms with Crippen LogP contribution in [0.4, 0.5) is 13.2 Å². The van der Waals surface area contributed by atoms with Crippen LogP contribution in [-0.4, -0.2) is 54.4 Å². The highest BCUT2D eigenvalue weighted by atomic mass is 19.4. The number of nitrogens with one attached hydrogen (secondary N) is 1. The SMILES string of the molecule is CC1CC(NCC(C(=O)O)C(F)(F)F)CCN1C. The minimum absolute atomic E-state index is 0.0413. The van der Waals surface area contributed by atoms with Crippen molar-refractivity contribution in [3.8, 4) is 0 Å². The van der Waals surface area contributed by atoms with Gasteiger partial charge in [-0.1, -0.05) is 0 Å². The van der Waals surface area contributed by atoms with Gasteiger partial charge in [-0.2, -0.15) is 13.2 Å². The van der Waals surface area contributed by atoms with E-state index in [2.05, 4.69) is 10.2 Å². The fraction of sp³-hybridized carbons (Fsp3) is 0.909. The lowest BCUT2D eigenvalue weighted by molar-refractivity contribution is -0.192. The molecule has 1 saturated heterocycles. The van der Waals surface area contributed by atoms with E-state index in [1.54, 1.807) is 0 Å². The Balaban J connectivity index is 2.46. The summed E-state index contributed by atoms with van der Waals surface area (Å²) in [6, 6.07) is 0.255. The van der Waals surface area contributed by atoms with E-state index in [0.717, 1.165) is 19.4 Å². The Labute approximate surface area is 104 Å². The van der Waals surface area contributed by atoms with Crippen molar-refractivity contribution in [2.75, 3.05) is 20.1 Å². The molecule has 1 rings (SSSR count). The number of carbonyl (C=O) groups is 1. The van der Waals surface area contributed by atoms with Crippen LogP contribution in [0.2, 0.25) is 0 Å². The van der Waals surface area contributed by atoms with Crippen molar-refractivity contribution < 1.29 is 23.1 Å². The van der Waals surface area contributed by atoms with Crippen molar-refractivity contribution in [2.45, 2.75) is 38.0 Å². The smallest absolute Gasteiger partial charge is 0.403 e. The number of nitrogens with zero attached hydrogens (tertiary/aromatic N) is 1. The average Bonchev–Trinajstić information content (AvgIpc) is 2.21. The lowest BCUT2D eigenvalue weighted by atomic mass is 9.98. The summed E-state index contributed by atoms with van der Waals surface area (Å²) in [7, 11) is 1.97. The van der Waals surface area contributed by atoms with Crippen molar-refractivity contribution in [1.82, 2.24) is 10.2 Å². The van der Waals surface area contributed by atoms with Gasteiger partial charge in [0.1, 0.15) is 0 Å². The zero-order valence-electron chi connectivity index (χ0n) is 10.5. The molecule has 0 amide bonds. The summed E-state index contributed by atoms with van der Waals surface area (Å²) in [4.78, 5) is 12.7. The Morgan fingerprint density at radius 1 is 1.56 bits per heavy atom. The van der Waals surface area contributed by atoms with Crippen molar-refractivity contribution >= 4 is 5.97 Å². The first-order chi connectivity index (χ1) is 8.21. The molecule has 1 fully saturated rings. The third-order valence-electron chi connectivity index (χ3n) is 3.51. The highest BCUT2D eigenvalue weighted by Gasteiger charge is 2.45. The molecular formula is C11H19F3N2O2. The topological polar surface area (TPSA) is 52.6 Å². The average molecular weight is 268 g/mol. The van der Waals surface area contributed by atoms with Crippen molar-refractivity contribution in [1.29, 1.82) is 0 Å². The Hall–Kier alpha value is -0.820. The monoisotopic (exact) mass is 268 g/mol. The molecule has 1 aliphatic rings. The Kier molecular flexibility index (Phi) is 4.98. The molecular weight excluding hydrogens is 249 g/mol. The summed E-state index contributed by atoms with van der Waals surface area (Å²) >= 11 is 0. The van der Waals surface area contributed by atoms with E-state index in [0.29, 0.717) is 6.04 Å². The molecule has 0 aromatic heterocycles. The van der Waals surface area contributed by atoms with Gasteiger partial charge in [-0.3, -0.25) is 4.79 Å². The zero-order valence-corrected chi connectivity index (χ0v) is 10.5. The summed E-state index contributed by atoms with van der Waals surface area (Å²) in [6.45, 7) is 2.26. The van der Waals surface area contributed by atoms with Crippen LogP contribution in [0, 0.1) is 5.92 Å². The maximum Gasteiger partial charge on any atom is 0.403 e. The second-order valence-electron chi connectivity index (χ2n) is 4.89. The van der Waals surface area contributed by atoms with Crippen LogP contribution in [0.15, 0.2) is 0 Å². The molecule has 4 nitrogen and oxygen atoms in total. The second-order valence-corrected chi connectivity index (χ2v) is 4.89. The van der Waals surface area contributed by atoms with Gasteiger partial charge in [0.05, 0.1) is 0 Å². The molecule has 3 unspecified atom stereocenters. The van der Waals surface area contributed by atoms with Crippen molar-refractivity contribution in [3.05, 3.63) is 0 Å². The number of likely N-dealkylation sites (tertiary alicyclic amines) is 1. The fourth-order valence-corrected chi connectivity index (χ4v) is 2.10. The minimum Gasteiger partial charge on any atom is -0.481 e. The van der Waals surface area contributed by atoms with E-state index in [-0.39, 0.29) is 6.04 Å². The minimum atomic E-state index is -4.70. The predicted molar refractivity (Wildman–Crippen MR) is 60.3 cm³/mol. The zero-order chi connectivity index (χ0) is 13.9. The molecule has 7 heteroatoms. The predicted octanol–water partition coefficient (Wildman–Crippen LogP) is 1.32. The van der Waals surface area contributed by atoms with E-state index >= 15 is 0 Å². The van der Waals surface area contributed by atoms with Gasteiger partial charge in [0.2, 0.25) is 0 Å². The van der Waals surface area contributed by atoms with Gasteiger partial charge in [-0.05, 0) is 33.4 Å². The van der Waals surface area contributed by atoms with E-state index < -0.39 is 24.6 Å². The fourth-order valence-electron chi connectivity index (χ4n) is 2.10. The summed E-state index contributed by atoms with van der Waals surface area (Å²) in [6.07, 6.45) is -3.22. The molecule has 2 N–H and O–H groups in total. The van der Waals surface area contributed by atoms with Crippen LogP contribution >= 0.6 is 0 Å². The Morgan fingerprint density at radius 2 is 2.17 bits per heavy atom. The molecule has 0 radical (unpaired) electrons. The molecule has 1 aliphatic heterocycles. The van der Waals surface area contributed by atoms with Gasteiger partial charge in [-0.25, -0.2) is 0 Å². The van der Waals surface area contributed by atoms with Gasteiger partial charge < -0.3 is 15.3 Å². The molecule has 18 heavy (non-hydrogen) atoms. The van der Waals surface area contributed by atoms with Gasteiger partial charge in [0, 0.05) is 18.6 Å². The van der Waals surface area contributed by atoms with Crippen LogP contribution in [0.25, 0.3) is 0 Å². The summed E-state index contributed by atoms with van der Waals surface area (Å²) in [5, 5.41) is 11.3. The molecule has 0 aromatic rings. The third kappa shape index (κ3) is 4.13. The van der Waals surface area contributed by atoms with Crippen molar-refractivity contribution in [2.24, 2.45) is 5.92 Å². The molecule has 1 heterocycles. The number of carboxylic acid groups (broad SMARTS) is 1. The second kappa shape index (κ2) is 5.88. The maximum atomic E-state index is 12.4. The van der Waals surface area contributed by atoms with Crippen molar-refractivity contribution in [3.63, 3.8) is 0 Å². The molecule has 106 valence electrons. The van der Waals surface area contributed by atoms with E-state index in [9.17, 15) is 18.0 Å². The van der Waals surface area contributed by atoms with Gasteiger partial charge in [0.25, 0.3) is 0 Å². The standard InChI is InChI=1S/C11H19F3N2O2/c1-7-5-8(3-4-16(7)2)15-6-9(10(17)18)11(12,13)14/h7-9,15H,3-6H2,1-2H3,(H,17,18). The number of rotatable bonds is 4. The number of hydrogen-bond acceptors (Lipinski definition) is 3. The molecule has 0 saturated carbocycles. The number of hydrogen-bond donors (Lipinski definition) is 2. The molecule has 0 bridgehead atoms. The number of piperidine rings is 1. The number of carboxylic acids is 1. The van der Waals surface area contributed by atoms with Crippen LogP contribution < -0.4 is 5.32 Å². The largest absolute Gasteiger partial charge is 0.481 e. The van der Waals surface area contributed by atoms with E-state index in [1.165, 1.54) is 0 Å². The number of halogens is 3. The first-order valence-electron chi connectivity index (χ1n) is 5.95. The Morgan fingerprint density at radius 3 is 2.61 bits per heavy atom. The quantitative estimate of drug-likeness (QED) is 0.807. The van der Waals surface area contributed by atoms with Gasteiger partial charge in [0.15, 0.2) is 5.92 Å². The van der Waals surface area contributed by atoms with Crippen LogP contribution in [0.1, 0.15) is 19.8 Å². The first kappa shape index (κ1) is 15.2. The number of aliphatic carboxylic acids is 1. The first-order valence-corrected chi connectivity index (χ1v) is 5.95. The summed E-state index contributed by atoms with van der Waals surface area (Å²) in [5.41, 5.74) is 0. The highest BCUT2D eigenvalue weighted by molar-refractivity contribution is 5.71. The van der Waals surface area contributed by atoms with Crippen LogP contribution in [-0.2, 0) is 4.79 Å². The Bertz CT molecular complexity index is 297. The lowest BCUT2D eigenvalue weighted by Gasteiger charge is -2.36. The molecule has 0 aliphatic carbocycles. The summed E-state index contributed by atoms with van der Waals surface area (Å²) in [5.74, 6) is -4.15. The van der Waals surface area contributed by atoms with E-state index in [4.69, 9.17) is 5.11 Å². The lowest BCUT2D eigenvalue weighted by Crippen LogP contribution is -2.49. The number of alkyl halides is 3. The van der Waals surface area contributed by atoms with Crippen LogP contribution in [0.5, 0.6) is 0 Å². The normalized spacial score (nSPS) is 28.1. The van der Waals surface area contributed by atoms with Crippen LogP contribution in [0.3, 0.4) is 0 Å². The highest BCUT2D eigenvalue weighted by Crippen LogP contribution is 2.26. The van der Waals surface area contributed by atoms with E-state index in [1.807, 2.05) is 14.0 Å².